The molecule has 2 aliphatic rings. The van der Waals surface area contributed by atoms with Crippen molar-refractivity contribution in [1.82, 2.24) is 35.9 Å². The molecule has 3 N–H and O–H groups in total. The number of methoxy groups -OCH3 is 2. The number of amides is 1. The van der Waals surface area contributed by atoms with E-state index in [2.05, 4.69) is 30.9 Å². The molecule has 2 aromatic carbocycles. The zero-order valence-corrected chi connectivity index (χ0v) is 27.0. The van der Waals surface area contributed by atoms with Gasteiger partial charge in [0.25, 0.3) is 0 Å². The summed E-state index contributed by atoms with van der Waals surface area (Å²) in [5.41, 5.74) is 5.13. The highest BCUT2D eigenvalue weighted by Crippen LogP contribution is 2.42. The van der Waals surface area contributed by atoms with Crippen LogP contribution in [-0.4, -0.2) is 64.9 Å². The van der Waals surface area contributed by atoms with E-state index in [9.17, 15) is 9.18 Å². The summed E-state index contributed by atoms with van der Waals surface area (Å²) in [6.07, 6.45) is 4.96. The fourth-order valence-corrected chi connectivity index (χ4v) is 6.30. The van der Waals surface area contributed by atoms with E-state index in [1.807, 2.05) is 36.4 Å². The van der Waals surface area contributed by atoms with Crippen LogP contribution in [0, 0.1) is 0 Å². The molecule has 0 spiro atoms. The number of hydrogen-bond acceptors (Lipinski definition) is 9. The Labute approximate surface area is 276 Å². The summed E-state index contributed by atoms with van der Waals surface area (Å²) in [6, 6.07) is 11.5. The predicted molar refractivity (Wildman–Crippen MR) is 175 cm³/mol. The molecule has 4 aromatic rings. The summed E-state index contributed by atoms with van der Waals surface area (Å²) >= 11 is 14.0. The van der Waals surface area contributed by atoms with Crippen LogP contribution in [-0.2, 0) is 17.9 Å². The predicted octanol–water partition coefficient (Wildman–Crippen LogP) is 5.55. The maximum Gasteiger partial charge on any atom is 0.237 e. The number of rotatable bonds is 12. The highest BCUT2D eigenvalue weighted by atomic mass is 35.5. The van der Waals surface area contributed by atoms with Gasteiger partial charge in [-0.3, -0.25) is 14.8 Å². The maximum atomic E-state index is 13.2. The first kappa shape index (κ1) is 32.1. The van der Waals surface area contributed by atoms with Gasteiger partial charge in [-0.2, -0.15) is 0 Å². The molecule has 1 aliphatic carbocycles. The van der Waals surface area contributed by atoms with Crippen LogP contribution >= 0.6 is 23.2 Å². The average Bonchev–Trinajstić information content (AvgIpc) is 3.47. The first-order valence-electron chi connectivity index (χ1n) is 15.1. The number of ether oxygens (including phenoxy) is 2. The maximum absolute atomic E-state index is 13.2. The second-order valence-corrected chi connectivity index (χ2v) is 12.1. The van der Waals surface area contributed by atoms with E-state index in [1.165, 1.54) is 0 Å². The molecule has 6 rings (SSSR count). The number of alkyl halides is 1. The quantitative estimate of drug-likeness (QED) is 0.179. The van der Waals surface area contributed by atoms with Crippen LogP contribution in [0.1, 0.15) is 37.1 Å². The third-order valence-electron chi connectivity index (χ3n) is 8.26. The number of nitrogens with one attached hydrogen (secondary N) is 3. The Morgan fingerprint density at radius 2 is 1.41 bits per heavy atom. The molecule has 0 radical (unpaired) electrons. The van der Waals surface area contributed by atoms with Gasteiger partial charge in [-0.05, 0) is 19.3 Å². The van der Waals surface area contributed by atoms with Crippen molar-refractivity contribution in [2.75, 3.05) is 20.8 Å². The first-order chi connectivity index (χ1) is 22.3. The van der Waals surface area contributed by atoms with Gasteiger partial charge < -0.3 is 25.4 Å². The smallest absolute Gasteiger partial charge is 0.237 e. The number of carbonyl (C=O) groups is 1. The molecule has 1 saturated carbocycles. The van der Waals surface area contributed by atoms with Crippen LogP contribution in [0.25, 0.3) is 33.6 Å². The fourth-order valence-electron chi connectivity index (χ4n) is 5.65. The Morgan fingerprint density at radius 1 is 0.870 bits per heavy atom. The molecular formula is C33H34Cl2FN7O3. The van der Waals surface area contributed by atoms with Gasteiger partial charge in [0, 0.05) is 60.4 Å². The summed E-state index contributed by atoms with van der Waals surface area (Å²) in [7, 11) is 3.09. The first-order valence-corrected chi connectivity index (χ1v) is 15.9. The highest BCUT2D eigenvalue weighted by Gasteiger charge is 2.29. The summed E-state index contributed by atoms with van der Waals surface area (Å²) in [5, 5.41) is 10.5. The zero-order chi connectivity index (χ0) is 32.2. The molecule has 0 bridgehead atoms. The third-order valence-corrected chi connectivity index (χ3v) is 9.07. The zero-order valence-electron chi connectivity index (χ0n) is 25.4. The van der Waals surface area contributed by atoms with E-state index in [0.29, 0.717) is 106 Å². The van der Waals surface area contributed by atoms with Crippen LogP contribution in [0.3, 0.4) is 0 Å². The van der Waals surface area contributed by atoms with Gasteiger partial charge in [-0.1, -0.05) is 59.6 Å². The lowest BCUT2D eigenvalue weighted by Crippen LogP contribution is -2.42. The Morgan fingerprint density at radius 3 is 1.91 bits per heavy atom. The van der Waals surface area contributed by atoms with E-state index in [-0.39, 0.29) is 18.0 Å². The Kier molecular flexibility index (Phi) is 9.93. The number of carbonyl (C=O) groups excluding carboxylic acids is 1. The molecular weight excluding hydrogens is 632 g/mol. The number of nitrogens with zero attached hydrogens (tertiary/aromatic N) is 4. The van der Waals surface area contributed by atoms with Crippen molar-refractivity contribution < 1.29 is 18.7 Å². The second-order valence-electron chi connectivity index (χ2n) is 11.3. The summed E-state index contributed by atoms with van der Waals surface area (Å²) in [4.78, 5) is 30.0. The molecule has 1 saturated heterocycles. The topological polar surface area (TPSA) is 123 Å². The molecule has 2 aromatic heterocycles. The van der Waals surface area contributed by atoms with Crippen molar-refractivity contribution >= 4 is 29.1 Å². The summed E-state index contributed by atoms with van der Waals surface area (Å²) in [6.45, 7) is 1.49. The SMILES string of the molecule is COc1nc(-c2cccc(-c3cccc(-c4cnc(CNC5CC(F)C5)c(OC)n4)c3Cl)c2Cl)cnc1CNCC1CCC(=O)N1. The molecule has 240 valence electrons. The molecule has 46 heavy (non-hydrogen) atoms. The van der Waals surface area contributed by atoms with Crippen molar-refractivity contribution in [2.24, 2.45) is 0 Å². The Bertz CT molecular complexity index is 1740. The molecule has 13 heteroatoms. The van der Waals surface area contributed by atoms with Gasteiger partial charge in [0.2, 0.25) is 17.7 Å². The third kappa shape index (κ3) is 6.92. The van der Waals surface area contributed by atoms with Crippen molar-refractivity contribution in [3.63, 3.8) is 0 Å². The van der Waals surface area contributed by atoms with Crippen LogP contribution < -0.4 is 25.4 Å². The minimum Gasteiger partial charge on any atom is -0.480 e. The van der Waals surface area contributed by atoms with Crippen molar-refractivity contribution in [2.45, 2.75) is 57.0 Å². The largest absolute Gasteiger partial charge is 0.480 e. The fraction of sp³-hybridized carbons (Fsp3) is 0.364. The molecule has 1 unspecified atom stereocenters. The number of benzene rings is 2. The Hall–Kier alpha value is -3.90. The van der Waals surface area contributed by atoms with Crippen molar-refractivity contribution in [3.8, 4) is 45.4 Å². The van der Waals surface area contributed by atoms with Crippen LogP contribution in [0.5, 0.6) is 11.8 Å². The van der Waals surface area contributed by atoms with Crippen LogP contribution in [0.15, 0.2) is 48.8 Å². The van der Waals surface area contributed by atoms with Crippen molar-refractivity contribution in [1.29, 1.82) is 0 Å². The van der Waals surface area contributed by atoms with Gasteiger partial charge in [-0.15, -0.1) is 0 Å². The minimum absolute atomic E-state index is 0.0795. The van der Waals surface area contributed by atoms with Gasteiger partial charge in [-0.25, -0.2) is 14.4 Å². The van der Waals surface area contributed by atoms with E-state index >= 15 is 0 Å². The molecule has 3 heterocycles. The lowest BCUT2D eigenvalue weighted by atomic mass is 9.91. The van der Waals surface area contributed by atoms with E-state index in [0.717, 1.165) is 6.42 Å². The summed E-state index contributed by atoms with van der Waals surface area (Å²) in [5.74, 6) is 0.836. The van der Waals surface area contributed by atoms with E-state index in [1.54, 1.807) is 26.6 Å². The lowest BCUT2D eigenvalue weighted by molar-refractivity contribution is -0.119. The van der Waals surface area contributed by atoms with E-state index < -0.39 is 6.17 Å². The number of aromatic nitrogens is 4. The van der Waals surface area contributed by atoms with Gasteiger partial charge >= 0.3 is 0 Å². The highest BCUT2D eigenvalue weighted by molar-refractivity contribution is 6.39. The molecule has 1 aliphatic heterocycles. The summed E-state index contributed by atoms with van der Waals surface area (Å²) < 4.78 is 24.3. The lowest BCUT2D eigenvalue weighted by Gasteiger charge is -2.30. The average molecular weight is 667 g/mol. The number of halogens is 3. The minimum atomic E-state index is -0.736. The van der Waals surface area contributed by atoms with Gasteiger partial charge in [0.1, 0.15) is 17.6 Å². The Balaban J connectivity index is 1.23. The molecule has 1 amide bonds. The van der Waals surface area contributed by atoms with Crippen molar-refractivity contribution in [3.05, 3.63) is 70.2 Å². The molecule has 1 atom stereocenters. The van der Waals surface area contributed by atoms with Crippen LogP contribution in [0.2, 0.25) is 10.0 Å². The van der Waals surface area contributed by atoms with Gasteiger partial charge in [0.15, 0.2) is 0 Å². The monoisotopic (exact) mass is 665 g/mol. The normalized spacial score (nSPS) is 19.1. The molecule has 2 fully saturated rings. The standard InChI is InChI=1S/C33H34Cl2FN7O3/c1-45-32-27(14-37-13-19-9-10-29(44)41-19)39-15-25(42-32)23-7-3-5-21(30(23)34)22-6-4-8-24(31(22)35)26-16-40-28(33(43-26)46-2)17-38-20-11-18(36)12-20/h3-8,15-16,18-20,37-38H,9-14,17H2,1-2H3,(H,41,44). The molecule has 10 nitrogen and oxygen atoms in total. The van der Waals surface area contributed by atoms with Crippen LogP contribution in [0.4, 0.5) is 4.39 Å². The van der Waals surface area contributed by atoms with Gasteiger partial charge in [0.05, 0.1) is 48.0 Å². The van der Waals surface area contributed by atoms with E-state index in [4.69, 9.17) is 37.7 Å². The second kappa shape index (κ2) is 14.3. The number of hydrogen-bond donors (Lipinski definition) is 3.